The van der Waals surface area contributed by atoms with E-state index in [1.54, 1.807) is 0 Å². The second kappa shape index (κ2) is 7.06. The lowest BCUT2D eigenvalue weighted by atomic mass is 10.0. The highest BCUT2D eigenvalue weighted by Gasteiger charge is 2.32. The molecule has 0 saturated heterocycles. The Morgan fingerprint density at radius 3 is 2.22 bits per heavy atom. The van der Waals surface area contributed by atoms with E-state index in [2.05, 4.69) is 4.74 Å². The lowest BCUT2D eigenvalue weighted by molar-refractivity contribution is -0.139. The summed E-state index contributed by atoms with van der Waals surface area (Å²) < 4.78 is 29.6. The van der Waals surface area contributed by atoms with Gasteiger partial charge in [-0.3, -0.25) is 4.79 Å². The fourth-order valence-corrected chi connectivity index (χ4v) is 2.59. The molecule has 0 amide bonds. The van der Waals surface area contributed by atoms with Crippen molar-refractivity contribution >= 4 is 16.0 Å². The van der Waals surface area contributed by atoms with Gasteiger partial charge in [-0.1, -0.05) is 13.8 Å². The van der Waals surface area contributed by atoms with E-state index in [1.165, 1.54) is 21.1 Å². The Balaban J connectivity index is 4.58. The molecule has 0 aromatic carbocycles. The van der Waals surface area contributed by atoms with E-state index in [1.807, 2.05) is 13.8 Å². The summed E-state index contributed by atoms with van der Waals surface area (Å²) in [6.45, 7) is 5.58. The van der Waals surface area contributed by atoms with Crippen molar-refractivity contribution < 1.29 is 17.9 Å². The van der Waals surface area contributed by atoms with E-state index in [4.69, 9.17) is 5.73 Å². The molecule has 0 saturated carbocycles. The van der Waals surface area contributed by atoms with Gasteiger partial charge in [0.15, 0.2) is 5.25 Å². The van der Waals surface area contributed by atoms with Gasteiger partial charge in [-0.25, -0.2) is 12.7 Å². The number of methoxy groups -OCH3 is 1. The normalized spacial score (nSPS) is 15.8. The largest absolute Gasteiger partial charge is 0.468 e. The van der Waals surface area contributed by atoms with Gasteiger partial charge < -0.3 is 10.5 Å². The van der Waals surface area contributed by atoms with Crippen molar-refractivity contribution in [1.29, 1.82) is 0 Å². The standard InChI is InChI=1S/C11H24N2O4S/c1-8(2)10(12)6-7-13(4)18(15,16)9(3)11(14)17-5/h8-10H,6-7,12H2,1-5H3. The van der Waals surface area contributed by atoms with Crippen LogP contribution in [0.2, 0.25) is 0 Å². The lowest BCUT2D eigenvalue weighted by Gasteiger charge is -2.23. The molecule has 7 heteroatoms. The van der Waals surface area contributed by atoms with Crippen molar-refractivity contribution in [3.8, 4) is 0 Å². The minimum absolute atomic E-state index is 0.0592. The smallest absolute Gasteiger partial charge is 0.325 e. The highest BCUT2D eigenvalue weighted by atomic mass is 32.2. The van der Waals surface area contributed by atoms with Gasteiger partial charge in [0.05, 0.1) is 7.11 Å². The molecule has 0 radical (unpaired) electrons. The number of sulfonamides is 1. The summed E-state index contributed by atoms with van der Waals surface area (Å²) in [6.07, 6.45) is 0.557. The number of nitrogens with zero attached hydrogens (tertiary/aromatic N) is 1. The minimum Gasteiger partial charge on any atom is -0.468 e. The Hall–Kier alpha value is -0.660. The van der Waals surface area contributed by atoms with Gasteiger partial charge >= 0.3 is 5.97 Å². The van der Waals surface area contributed by atoms with Crippen LogP contribution in [0, 0.1) is 5.92 Å². The summed E-state index contributed by atoms with van der Waals surface area (Å²) in [7, 11) is -1.05. The first kappa shape index (κ1) is 17.3. The van der Waals surface area contributed by atoms with Crippen LogP contribution in [-0.4, -0.2) is 50.7 Å². The quantitative estimate of drug-likeness (QED) is 0.672. The van der Waals surface area contributed by atoms with E-state index in [-0.39, 0.29) is 6.04 Å². The van der Waals surface area contributed by atoms with Crippen molar-refractivity contribution in [2.24, 2.45) is 11.7 Å². The van der Waals surface area contributed by atoms with Crippen LogP contribution in [-0.2, 0) is 19.6 Å². The van der Waals surface area contributed by atoms with Gasteiger partial charge in [0.25, 0.3) is 0 Å². The first-order chi connectivity index (χ1) is 8.14. The first-order valence-corrected chi connectivity index (χ1v) is 7.43. The second-order valence-corrected chi connectivity index (χ2v) is 7.09. The Labute approximate surface area is 110 Å². The van der Waals surface area contributed by atoms with Gasteiger partial charge in [-0.2, -0.15) is 0 Å². The zero-order valence-electron chi connectivity index (χ0n) is 11.7. The van der Waals surface area contributed by atoms with Gasteiger partial charge in [-0.15, -0.1) is 0 Å². The first-order valence-electron chi connectivity index (χ1n) is 5.93. The van der Waals surface area contributed by atoms with Crippen LogP contribution < -0.4 is 5.73 Å². The van der Waals surface area contributed by atoms with Gasteiger partial charge in [-0.05, 0) is 19.3 Å². The Bertz CT molecular complexity index is 367. The van der Waals surface area contributed by atoms with Crippen molar-refractivity contribution in [1.82, 2.24) is 4.31 Å². The maximum atomic E-state index is 12.0. The highest BCUT2D eigenvalue weighted by molar-refractivity contribution is 7.90. The molecular formula is C11H24N2O4S. The Morgan fingerprint density at radius 2 is 1.83 bits per heavy atom. The minimum atomic E-state index is -3.67. The molecule has 0 aliphatic rings. The molecular weight excluding hydrogens is 256 g/mol. The number of carbonyl (C=O) groups excluding carboxylic acids is 1. The highest BCUT2D eigenvalue weighted by Crippen LogP contribution is 2.11. The van der Waals surface area contributed by atoms with Gasteiger partial charge in [0, 0.05) is 19.6 Å². The molecule has 2 unspecified atom stereocenters. The predicted molar refractivity (Wildman–Crippen MR) is 70.5 cm³/mol. The Kier molecular flexibility index (Phi) is 6.80. The van der Waals surface area contributed by atoms with E-state index >= 15 is 0 Å². The molecule has 0 fully saturated rings. The fraction of sp³-hybridized carbons (Fsp3) is 0.909. The molecule has 0 heterocycles. The molecule has 108 valence electrons. The summed E-state index contributed by atoms with van der Waals surface area (Å²) in [6, 6.07) is -0.0592. The maximum absolute atomic E-state index is 12.0. The average molecular weight is 280 g/mol. The van der Waals surface area contributed by atoms with E-state index in [0.29, 0.717) is 18.9 Å². The molecule has 2 N–H and O–H groups in total. The molecule has 6 nitrogen and oxygen atoms in total. The zero-order valence-corrected chi connectivity index (χ0v) is 12.5. The van der Waals surface area contributed by atoms with Crippen molar-refractivity contribution in [3.63, 3.8) is 0 Å². The number of hydrogen-bond acceptors (Lipinski definition) is 5. The zero-order chi connectivity index (χ0) is 14.5. The fourth-order valence-electron chi connectivity index (χ4n) is 1.35. The maximum Gasteiger partial charge on any atom is 0.325 e. The second-order valence-electron chi connectivity index (χ2n) is 4.73. The van der Waals surface area contributed by atoms with E-state index in [0.717, 1.165) is 4.31 Å². The SMILES string of the molecule is COC(=O)C(C)S(=O)(=O)N(C)CCC(N)C(C)C. The third-order valence-corrected chi connectivity index (χ3v) is 5.19. The number of nitrogens with two attached hydrogens (primary N) is 1. The summed E-state index contributed by atoms with van der Waals surface area (Å²) in [4.78, 5) is 11.3. The van der Waals surface area contributed by atoms with Crippen LogP contribution >= 0.6 is 0 Å². The van der Waals surface area contributed by atoms with Crippen LogP contribution in [0.3, 0.4) is 0 Å². The summed E-state index contributed by atoms with van der Waals surface area (Å²) >= 11 is 0. The lowest BCUT2D eigenvalue weighted by Crippen LogP contribution is -2.41. The number of esters is 1. The molecule has 0 rings (SSSR count). The molecule has 0 aromatic rings. The molecule has 0 bridgehead atoms. The third kappa shape index (κ3) is 4.55. The molecule has 0 aromatic heterocycles. The average Bonchev–Trinajstić information content (AvgIpc) is 2.32. The predicted octanol–water partition coefficient (Wildman–Crippen LogP) is 0.183. The van der Waals surface area contributed by atoms with Crippen LogP contribution in [0.5, 0.6) is 0 Å². The number of carbonyl (C=O) groups is 1. The Morgan fingerprint density at radius 1 is 1.33 bits per heavy atom. The van der Waals surface area contributed by atoms with Crippen LogP contribution in [0.4, 0.5) is 0 Å². The topological polar surface area (TPSA) is 89.7 Å². The molecule has 2 atom stereocenters. The van der Waals surface area contributed by atoms with Gasteiger partial charge in [0.2, 0.25) is 10.0 Å². The number of ether oxygens (including phenoxy) is 1. The third-order valence-electron chi connectivity index (χ3n) is 3.05. The number of rotatable bonds is 7. The van der Waals surface area contributed by atoms with Crippen molar-refractivity contribution in [3.05, 3.63) is 0 Å². The summed E-state index contributed by atoms with van der Waals surface area (Å²) in [5.74, 6) is -0.464. The molecule has 0 aliphatic heterocycles. The van der Waals surface area contributed by atoms with Crippen LogP contribution in [0.1, 0.15) is 27.2 Å². The van der Waals surface area contributed by atoms with E-state index in [9.17, 15) is 13.2 Å². The van der Waals surface area contributed by atoms with Crippen molar-refractivity contribution in [2.75, 3.05) is 20.7 Å². The van der Waals surface area contributed by atoms with E-state index < -0.39 is 21.2 Å². The van der Waals surface area contributed by atoms with Crippen LogP contribution in [0.25, 0.3) is 0 Å². The van der Waals surface area contributed by atoms with Gasteiger partial charge in [0.1, 0.15) is 0 Å². The monoisotopic (exact) mass is 280 g/mol. The molecule has 0 aliphatic carbocycles. The number of hydrogen-bond donors (Lipinski definition) is 1. The van der Waals surface area contributed by atoms with Crippen molar-refractivity contribution in [2.45, 2.75) is 38.5 Å². The molecule has 0 spiro atoms. The molecule has 18 heavy (non-hydrogen) atoms. The summed E-state index contributed by atoms with van der Waals surface area (Å²) in [5.41, 5.74) is 5.86. The summed E-state index contributed by atoms with van der Waals surface area (Å²) in [5, 5.41) is -1.19. The van der Waals surface area contributed by atoms with Crippen LogP contribution in [0.15, 0.2) is 0 Å².